The zero-order valence-electron chi connectivity index (χ0n) is 13.7. The number of amides is 1. The normalized spacial score (nSPS) is 18.3. The van der Waals surface area contributed by atoms with Gasteiger partial charge >= 0.3 is 0 Å². The van der Waals surface area contributed by atoms with Crippen LogP contribution in [0.1, 0.15) is 17.2 Å². The Labute approximate surface area is 169 Å². The van der Waals surface area contributed by atoms with Crippen LogP contribution in [0.25, 0.3) is 0 Å². The van der Waals surface area contributed by atoms with Gasteiger partial charge in [0.2, 0.25) is 22.3 Å². The van der Waals surface area contributed by atoms with E-state index < -0.39 is 34.0 Å². The van der Waals surface area contributed by atoms with E-state index >= 15 is 0 Å². The average Bonchev–Trinajstić information content (AvgIpc) is 2.84. The van der Waals surface area contributed by atoms with E-state index in [1.807, 2.05) is 6.07 Å². The molecule has 0 saturated carbocycles. The number of carbonyl (C=O) groups is 1. The highest BCUT2D eigenvalue weighted by atomic mass is 79.9. The van der Waals surface area contributed by atoms with E-state index in [0.29, 0.717) is 11.4 Å². The number of rotatable bonds is 6. The minimum Gasteiger partial charge on any atom is -0.370 e. The summed E-state index contributed by atoms with van der Waals surface area (Å²) in [6.07, 6.45) is -1.63. The molecule has 0 fully saturated rings. The smallest absolute Gasteiger partial charge is 0.240 e. The second kappa shape index (κ2) is 7.55. The molecule has 2 aromatic carbocycles. The van der Waals surface area contributed by atoms with Crippen molar-refractivity contribution in [3.8, 4) is 0 Å². The molecule has 0 radical (unpaired) electrons. The standard InChI is InChI=1S/C16H16BrClN4O4S/c17-8-3-1-2-4-10(8)20-16(24)21-11-6-5-9(18)14-12(7-13(19)23)27(25,26)22-15(11)14/h1-6,12,16,20-22,24H,7H2,(H2,19,23). The summed E-state index contributed by atoms with van der Waals surface area (Å²) in [6.45, 7) is 0. The number of hydrogen-bond acceptors (Lipinski definition) is 6. The van der Waals surface area contributed by atoms with Crippen molar-refractivity contribution in [3.63, 3.8) is 0 Å². The highest BCUT2D eigenvalue weighted by Crippen LogP contribution is 2.47. The minimum absolute atomic E-state index is 0.182. The first kappa shape index (κ1) is 19.7. The first-order chi connectivity index (χ1) is 12.7. The fourth-order valence-corrected chi connectivity index (χ4v) is 5.15. The van der Waals surface area contributed by atoms with E-state index in [2.05, 4.69) is 31.3 Å². The Morgan fingerprint density at radius 1 is 1.26 bits per heavy atom. The first-order valence-electron chi connectivity index (χ1n) is 7.77. The lowest BCUT2D eigenvalue weighted by molar-refractivity contribution is -0.118. The van der Waals surface area contributed by atoms with Crippen LogP contribution >= 0.6 is 27.5 Å². The van der Waals surface area contributed by atoms with Gasteiger partial charge in [0, 0.05) is 21.5 Å². The van der Waals surface area contributed by atoms with Gasteiger partial charge in [0.15, 0.2) is 0 Å². The second-order valence-corrected chi connectivity index (χ2v) is 8.99. The molecule has 2 unspecified atom stereocenters. The van der Waals surface area contributed by atoms with Gasteiger partial charge in [0.25, 0.3) is 0 Å². The molecule has 2 atom stereocenters. The van der Waals surface area contributed by atoms with Crippen molar-refractivity contribution in [2.75, 3.05) is 15.4 Å². The van der Waals surface area contributed by atoms with Gasteiger partial charge in [-0.1, -0.05) is 23.7 Å². The fraction of sp³-hybridized carbons (Fsp3) is 0.188. The summed E-state index contributed by atoms with van der Waals surface area (Å²) >= 11 is 9.53. The maximum Gasteiger partial charge on any atom is 0.240 e. The Morgan fingerprint density at radius 3 is 2.59 bits per heavy atom. The first-order valence-corrected chi connectivity index (χ1v) is 10.5. The SMILES string of the molecule is NC(=O)CC1c2c(Cl)ccc(NC(O)Nc3ccccc3Br)c2NS1(=O)=O. The van der Waals surface area contributed by atoms with Gasteiger partial charge in [-0.2, -0.15) is 0 Å². The lowest BCUT2D eigenvalue weighted by atomic mass is 10.1. The third-order valence-corrected chi connectivity index (χ3v) is 6.64. The Bertz CT molecular complexity index is 1000. The molecular weight excluding hydrogens is 460 g/mol. The van der Waals surface area contributed by atoms with E-state index in [-0.39, 0.29) is 16.3 Å². The molecule has 0 aromatic heterocycles. The number of aliphatic hydroxyl groups is 1. The van der Waals surface area contributed by atoms with Crippen LogP contribution in [0.2, 0.25) is 5.02 Å². The lowest BCUT2D eigenvalue weighted by Crippen LogP contribution is -2.28. The van der Waals surface area contributed by atoms with Gasteiger partial charge in [-0.3, -0.25) is 9.52 Å². The Balaban J connectivity index is 1.90. The number of fused-ring (bicyclic) bond motifs is 1. The average molecular weight is 476 g/mol. The summed E-state index contributed by atoms with van der Waals surface area (Å²) in [4.78, 5) is 11.3. The number of para-hydroxylation sites is 1. The van der Waals surface area contributed by atoms with Crippen molar-refractivity contribution in [1.82, 2.24) is 0 Å². The van der Waals surface area contributed by atoms with Crippen LogP contribution in [0.4, 0.5) is 17.1 Å². The molecule has 144 valence electrons. The summed E-state index contributed by atoms with van der Waals surface area (Å²) in [5.74, 6) is -0.761. The van der Waals surface area contributed by atoms with Crippen LogP contribution in [-0.2, 0) is 14.8 Å². The number of primary amides is 1. The zero-order chi connectivity index (χ0) is 19.8. The van der Waals surface area contributed by atoms with E-state index in [1.54, 1.807) is 18.2 Å². The molecule has 1 aliphatic rings. The largest absolute Gasteiger partial charge is 0.370 e. The van der Waals surface area contributed by atoms with Crippen molar-refractivity contribution in [2.24, 2.45) is 5.73 Å². The summed E-state index contributed by atoms with van der Waals surface area (Å²) in [7, 11) is -3.87. The lowest BCUT2D eigenvalue weighted by Gasteiger charge is -2.19. The predicted octanol–water partition coefficient (Wildman–Crippen LogP) is 2.57. The molecular formula is C16H16BrClN4O4S. The van der Waals surface area contributed by atoms with Gasteiger partial charge in [-0.15, -0.1) is 0 Å². The van der Waals surface area contributed by atoms with Crippen LogP contribution in [0.3, 0.4) is 0 Å². The molecule has 11 heteroatoms. The monoisotopic (exact) mass is 474 g/mol. The molecule has 1 aliphatic heterocycles. The number of aliphatic hydroxyl groups excluding tert-OH is 1. The number of carbonyl (C=O) groups excluding carboxylic acids is 1. The van der Waals surface area contributed by atoms with Gasteiger partial charge in [0.1, 0.15) is 5.25 Å². The number of benzene rings is 2. The second-order valence-electron chi connectivity index (χ2n) is 5.86. The van der Waals surface area contributed by atoms with Crippen molar-refractivity contribution in [1.29, 1.82) is 0 Å². The van der Waals surface area contributed by atoms with Crippen LogP contribution < -0.4 is 21.1 Å². The molecule has 6 N–H and O–H groups in total. The number of anilines is 3. The van der Waals surface area contributed by atoms with Gasteiger partial charge < -0.3 is 21.5 Å². The Hall–Kier alpha value is -2.01. The van der Waals surface area contributed by atoms with E-state index in [9.17, 15) is 18.3 Å². The molecule has 0 aliphatic carbocycles. The molecule has 3 rings (SSSR count). The topological polar surface area (TPSA) is 134 Å². The number of nitrogens with one attached hydrogen (secondary N) is 3. The van der Waals surface area contributed by atoms with Crippen molar-refractivity contribution >= 4 is 60.5 Å². The molecule has 0 saturated heterocycles. The minimum atomic E-state index is -3.87. The van der Waals surface area contributed by atoms with E-state index in [0.717, 1.165) is 4.47 Å². The number of sulfonamides is 1. The molecule has 8 nitrogen and oxygen atoms in total. The summed E-state index contributed by atoms with van der Waals surface area (Å²) in [6, 6.07) is 10.2. The Kier molecular flexibility index (Phi) is 5.52. The van der Waals surface area contributed by atoms with E-state index in [1.165, 1.54) is 12.1 Å². The van der Waals surface area contributed by atoms with Crippen LogP contribution in [0, 0.1) is 0 Å². The highest BCUT2D eigenvalue weighted by Gasteiger charge is 2.40. The number of nitrogens with two attached hydrogens (primary N) is 1. The number of halogens is 2. The molecule has 1 heterocycles. The maximum absolute atomic E-state index is 12.4. The van der Waals surface area contributed by atoms with Gasteiger partial charge in [-0.25, -0.2) is 8.42 Å². The predicted molar refractivity (Wildman–Crippen MR) is 108 cm³/mol. The third-order valence-electron chi connectivity index (χ3n) is 3.98. The molecule has 0 spiro atoms. The van der Waals surface area contributed by atoms with Crippen molar-refractivity contribution in [2.45, 2.75) is 18.0 Å². The quantitative estimate of drug-likeness (QED) is 0.408. The molecule has 27 heavy (non-hydrogen) atoms. The summed E-state index contributed by atoms with van der Waals surface area (Å²) in [5.41, 5.74) is 6.54. The van der Waals surface area contributed by atoms with Crippen LogP contribution in [0.5, 0.6) is 0 Å². The van der Waals surface area contributed by atoms with E-state index in [4.69, 9.17) is 17.3 Å². The molecule has 1 amide bonds. The zero-order valence-corrected chi connectivity index (χ0v) is 16.9. The van der Waals surface area contributed by atoms with Gasteiger partial charge in [-0.05, 0) is 40.2 Å². The molecule has 0 bridgehead atoms. The highest BCUT2D eigenvalue weighted by molar-refractivity contribution is 9.10. The van der Waals surface area contributed by atoms with Gasteiger partial charge in [0.05, 0.1) is 17.1 Å². The third kappa shape index (κ3) is 4.13. The summed E-state index contributed by atoms with van der Waals surface area (Å²) in [5, 5.41) is 14.9. The maximum atomic E-state index is 12.4. The number of hydrogen-bond donors (Lipinski definition) is 5. The Morgan fingerprint density at radius 2 is 1.93 bits per heavy atom. The fourth-order valence-electron chi connectivity index (χ4n) is 2.81. The van der Waals surface area contributed by atoms with Crippen LogP contribution in [-0.4, -0.2) is 25.8 Å². The molecule has 2 aromatic rings. The van der Waals surface area contributed by atoms with Crippen molar-refractivity contribution < 1.29 is 18.3 Å². The van der Waals surface area contributed by atoms with Crippen molar-refractivity contribution in [3.05, 3.63) is 51.5 Å². The summed E-state index contributed by atoms with van der Waals surface area (Å²) < 4.78 is 27.9. The van der Waals surface area contributed by atoms with Crippen LogP contribution in [0.15, 0.2) is 40.9 Å².